The van der Waals surface area contributed by atoms with Crippen LogP contribution in [-0.2, 0) is 0 Å². The average Bonchev–Trinajstić information content (AvgIpc) is 2.59. The molecule has 4 rings (SSSR count). The molecule has 1 amide bonds. The van der Waals surface area contributed by atoms with Gasteiger partial charge in [0.2, 0.25) is 0 Å². The second-order valence-electron chi connectivity index (χ2n) is 5.45. The SMILES string of the molecule is C[C@@H]1/C=C\CC(=NNC(=O)c2ccccc2)/C=C2\C=C1C2. The molecule has 0 spiro atoms. The maximum absolute atomic E-state index is 12.0. The van der Waals surface area contributed by atoms with Crippen molar-refractivity contribution in [2.75, 3.05) is 0 Å². The van der Waals surface area contributed by atoms with Gasteiger partial charge in [-0.05, 0) is 36.1 Å². The maximum atomic E-state index is 12.0. The predicted octanol–water partition coefficient (Wildman–Crippen LogP) is 3.62. The van der Waals surface area contributed by atoms with Gasteiger partial charge in [0.05, 0.1) is 5.71 Å². The molecule has 106 valence electrons. The molecule has 3 aliphatic rings. The van der Waals surface area contributed by atoms with Crippen LogP contribution in [0, 0.1) is 5.92 Å². The zero-order chi connectivity index (χ0) is 14.7. The van der Waals surface area contributed by atoms with Crippen LogP contribution in [0.2, 0.25) is 0 Å². The second kappa shape index (κ2) is 5.92. The molecule has 1 atom stereocenters. The molecule has 1 N–H and O–H groups in total. The van der Waals surface area contributed by atoms with Crippen molar-refractivity contribution in [2.24, 2.45) is 11.0 Å². The smallest absolute Gasteiger partial charge is 0.267 e. The number of amides is 1. The van der Waals surface area contributed by atoms with Gasteiger partial charge in [-0.15, -0.1) is 0 Å². The molecule has 3 heteroatoms. The summed E-state index contributed by atoms with van der Waals surface area (Å²) in [7, 11) is 0. The van der Waals surface area contributed by atoms with E-state index in [-0.39, 0.29) is 5.91 Å². The van der Waals surface area contributed by atoms with E-state index in [1.54, 1.807) is 12.1 Å². The third kappa shape index (κ3) is 3.19. The summed E-state index contributed by atoms with van der Waals surface area (Å²) in [6.07, 6.45) is 10.4. The molecule has 0 fully saturated rings. The van der Waals surface area contributed by atoms with E-state index in [2.05, 4.69) is 41.8 Å². The van der Waals surface area contributed by atoms with Crippen molar-refractivity contribution < 1.29 is 4.79 Å². The Morgan fingerprint density at radius 1 is 1.24 bits per heavy atom. The van der Waals surface area contributed by atoms with Gasteiger partial charge in [-0.1, -0.05) is 48.9 Å². The number of hydrogen-bond acceptors (Lipinski definition) is 2. The highest BCUT2D eigenvalue weighted by Gasteiger charge is 2.18. The first-order chi connectivity index (χ1) is 10.2. The first-order valence-corrected chi connectivity index (χ1v) is 7.22. The first kappa shape index (κ1) is 13.6. The minimum atomic E-state index is -0.177. The van der Waals surface area contributed by atoms with Crippen molar-refractivity contribution in [1.29, 1.82) is 0 Å². The van der Waals surface area contributed by atoms with E-state index >= 15 is 0 Å². The quantitative estimate of drug-likeness (QED) is 0.651. The number of hydrogen-bond donors (Lipinski definition) is 1. The average molecular weight is 278 g/mol. The monoisotopic (exact) mass is 278 g/mol. The van der Waals surface area contributed by atoms with E-state index in [1.807, 2.05) is 18.2 Å². The van der Waals surface area contributed by atoms with Gasteiger partial charge < -0.3 is 0 Å². The van der Waals surface area contributed by atoms with E-state index in [4.69, 9.17) is 0 Å². The molecule has 0 radical (unpaired) electrons. The normalized spacial score (nSPS) is 26.3. The maximum Gasteiger partial charge on any atom is 0.271 e. The van der Waals surface area contributed by atoms with Crippen LogP contribution in [0.1, 0.15) is 30.1 Å². The van der Waals surface area contributed by atoms with Crippen molar-refractivity contribution in [3.63, 3.8) is 0 Å². The molecule has 3 nitrogen and oxygen atoms in total. The summed E-state index contributed by atoms with van der Waals surface area (Å²) in [5.74, 6) is 0.323. The first-order valence-electron chi connectivity index (χ1n) is 7.22. The zero-order valence-corrected chi connectivity index (χ0v) is 12.0. The van der Waals surface area contributed by atoms with Gasteiger partial charge in [0, 0.05) is 12.0 Å². The Morgan fingerprint density at radius 3 is 2.76 bits per heavy atom. The van der Waals surface area contributed by atoms with E-state index < -0.39 is 0 Å². The second-order valence-corrected chi connectivity index (χ2v) is 5.45. The highest BCUT2D eigenvalue weighted by Crippen LogP contribution is 2.32. The lowest BCUT2D eigenvalue weighted by atomic mass is 9.84. The van der Waals surface area contributed by atoms with Crippen molar-refractivity contribution in [1.82, 2.24) is 5.43 Å². The van der Waals surface area contributed by atoms with Crippen LogP contribution in [0.5, 0.6) is 0 Å². The van der Waals surface area contributed by atoms with Crippen LogP contribution in [0.15, 0.2) is 70.9 Å². The Hall–Kier alpha value is -2.42. The summed E-state index contributed by atoms with van der Waals surface area (Å²) >= 11 is 0. The Kier molecular flexibility index (Phi) is 3.82. The Labute approximate surface area is 124 Å². The van der Waals surface area contributed by atoms with Gasteiger partial charge in [0.1, 0.15) is 0 Å². The third-order valence-corrected chi connectivity index (χ3v) is 3.80. The fourth-order valence-electron chi connectivity index (χ4n) is 2.47. The van der Waals surface area contributed by atoms with Crippen molar-refractivity contribution in [2.45, 2.75) is 19.8 Å². The number of carbonyl (C=O) groups excluding carboxylic acids is 1. The summed E-state index contributed by atoms with van der Waals surface area (Å²) < 4.78 is 0. The third-order valence-electron chi connectivity index (χ3n) is 3.80. The van der Waals surface area contributed by atoms with Gasteiger partial charge >= 0.3 is 0 Å². The number of nitrogens with zero attached hydrogens (tertiary/aromatic N) is 1. The fraction of sp³-hybridized carbons (Fsp3) is 0.222. The molecular formula is C18H18N2O. The molecule has 0 saturated heterocycles. The van der Waals surface area contributed by atoms with Crippen molar-refractivity contribution in [3.8, 4) is 0 Å². The topological polar surface area (TPSA) is 41.5 Å². The lowest BCUT2D eigenvalue weighted by Gasteiger charge is -2.21. The van der Waals surface area contributed by atoms with Crippen LogP contribution in [-0.4, -0.2) is 11.6 Å². The fourth-order valence-corrected chi connectivity index (χ4v) is 2.47. The molecule has 1 aromatic rings. The minimum absolute atomic E-state index is 0.177. The number of nitrogens with one attached hydrogen (secondary N) is 1. The zero-order valence-electron chi connectivity index (χ0n) is 12.0. The highest BCUT2D eigenvalue weighted by molar-refractivity contribution is 6.00. The Morgan fingerprint density at radius 2 is 2.00 bits per heavy atom. The Balaban J connectivity index is 1.73. The van der Waals surface area contributed by atoms with Gasteiger partial charge in [0.25, 0.3) is 5.91 Å². The van der Waals surface area contributed by atoms with Crippen LogP contribution in [0.3, 0.4) is 0 Å². The molecule has 0 aromatic heterocycles. The number of hydrazone groups is 1. The summed E-state index contributed by atoms with van der Waals surface area (Å²) in [6, 6.07) is 9.13. The number of carbonyl (C=O) groups is 1. The standard InChI is InChI=1S/C18H18N2O/c1-13-6-5-9-17(12-14-10-16(13)11-14)19-20-18(21)15-7-3-2-4-8-15/h2-8,10,12-13H,9,11H2,1H3,(H,20,21)/b6-5-,14-12+,19-17?/t13-/m1/s1. The predicted molar refractivity (Wildman–Crippen MR) is 85.0 cm³/mol. The molecule has 1 aromatic carbocycles. The van der Waals surface area contributed by atoms with Crippen LogP contribution >= 0.6 is 0 Å². The highest BCUT2D eigenvalue weighted by atomic mass is 16.2. The van der Waals surface area contributed by atoms with Gasteiger partial charge in [0.15, 0.2) is 0 Å². The molecule has 21 heavy (non-hydrogen) atoms. The molecule has 0 saturated carbocycles. The van der Waals surface area contributed by atoms with Crippen LogP contribution in [0.25, 0.3) is 0 Å². The number of fused-ring (bicyclic) bond motifs is 4. The lowest BCUT2D eigenvalue weighted by molar-refractivity contribution is 0.0955. The molecule has 2 bridgehead atoms. The number of rotatable bonds is 2. The van der Waals surface area contributed by atoms with Gasteiger partial charge in [-0.3, -0.25) is 4.79 Å². The molecule has 3 aliphatic carbocycles. The van der Waals surface area contributed by atoms with Crippen LogP contribution < -0.4 is 5.43 Å². The molecule has 0 aliphatic heterocycles. The number of benzene rings is 1. The van der Waals surface area contributed by atoms with E-state index in [0.29, 0.717) is 11.5 Å². The Bertz CT molecular complexity index is 666. The van der Waals surface area contributed by atoms with E-state index in [1.165, 1.54) is 11.1 Å². The van der Waals surface area contributed by atoms with Crippen molar-refractivity contribution in [3.05, 3.63) is 71.3 Å². The van der Waals surface area contributed by atoms with Crippen molar-refractivity contribution >= 4 is 11.6 Å². The summed E-state index contributed by atoms with van der Waals surface area (Å²) in [6.45, 7) is 2.21. The van der Waals surface area contributed by atoms with E-state index in [0.717, 1.165) is 18.6 Å². The molecular weight excluding hydrogens is 260 g/mol. The summed E-state index contributed by atoms with van der Waals surface area (Å²) in [5, 5.41) is 4.26. The van der Waals surface area contributed by atoms with Crippen LogP contribution in [0.4, 0.5) is 0 Å². The lowest BCUT2D eigenvalue weighted by Crippen LogP contribution is -2.19. The number of allylic oxidation sites excluding steroid dienone is 6. The minimum Gasteiger partial charge on any atom is -0.267 e. The molecule has 0 unspecified atom stereocenters. The molecule has 0 heterocycles. The van der Waals surface area contributed by atoms with Gasteiger partial charge in [-0.25, -0.2) is 5.43 Å². The van der Waals surface area contributed by atoms with E-state index in [9.17, 15) is 4.79 Å². The largest absolute Gasteiger partial charge is 0.271 e. The van der Waals surface area contributed by atoms with Gasteiger partial charge in [-0.2, -0.15) is 5.10 Å². The summed E-state index contributed by atoms with van der Waals surface area (Å²) in [5.41, 5.74) is 6.89. The summed E-state index contributed by atoms with van der Waals surface area (Å²) in [4.78, 5) is 12.0.